The monoisotopic (exact) mass is 574 g/mol. The minimum absolute atomic E-state index is 0. The largest absolute Gasteiger partial charge is 0.401 e. The number of aliphatic imine (C=N–C) groups is 1. The van der Waals surface area contributed by atoms with E-state index in [2.05, 4.69) is 15.1 Å². The fourth-order valence-electron chi connectivity index (χ4n) is 4.78. The number of piperazine rings is 1. The van der Waals surface area contributed by atoms with Gasteiger partial charge in [0.15, 0.2) is 5.96 Å². The molecule has 186 valence electrons. The van der Waals surface area contributed by atoms with Gasteiger partial charge in [-0.1, -0.05) is 0 Å². The molecule has 0 aromatic rings. The summed E-state index contributed by atoms with van der Waals surface area (Å²) in [5, 5.41) is 3.33. The van der Waals surface area contributed by atoms with Crippen LogP contribution < -0.4 is 5.32 Å². The Morgan fingerprint density at radius 1 is 1.06 bits per heavy atom. The second-order valence-corrected chi connectivity index (χ2v) is 8.93. The highest BCUT2D eigenvalue weighted by Gasteiger charge is 2.34. The summed E-state index contributed by atoms with van der Waals surface area (Å²) < 4.78 is 37.8. The van der Waals surface area contributed by atoms with Crippen LogP contribution in [0, 0.1) is 5.92 Å². The number of hydrogen-bond donors (Lipinski definition) is 1. The molecular weight excluding hydrogens is 536 g/mol. The van der Waals surface area contributed by atoms with E-state index < -0.39 is 12.7 Å². The number of carbonyl (C=O) groups excluding carboxylic acids is 1. The number of amides is 1. The van der Waals surface area contributed by atoms with Crippen molar-refractivity contribution in [2.24, 2.45) is 10.9 Å². The highest BCUT2D eigenvalue weighted by molar-refractivity contribution is 14.0. The molecule has 1 amide bonds. The van der Waals surface area contributed by atoms with E-state index in [1.54, 1.807) is 0 Å². The van der Waals surface area contributed by atoms with Crippen molar-refractivity contribution in [1.29, 1.82) is 0 Å². The maximum absolute atomic E-state index is 12.7. The first kappa shape index (κ1) is 27.4. The van der Waals surface area contributed by atoms with Crippen LogP contribution in [0.5, 0.6) is 0 Å². The van der Waals surface area contributed by atoms with Gasteiger partial charge in [-0.05, 0) is 45.6 Å². The summed E-state index contributed by atoms with van der Waals surface area (Å²) in [6.07, 6.45) is -1.18. The molecule has 3 aliphatic heterocycles. The highest BCUT2D eigenvalue weighted by Crippen LogP contribution is 2.23. The molecule has 11 heteroatoms. The van der Waals surface area contributed by atoms with Gasteiger partial charge < -0.3 is 15.1 Å². The molecule has 0 saturated carbocycles. The van der Waals surface area contributed by atoms with E-state index in [0.29, 0.717) is 19.6 Å². The lowest BCUT2D eigenvalue weighted by molar-refractivity contribution is -0.143. The van der Waals surface area contributed by atoms with Crippen LogP contribution in [-0.2, 0) is 4.79 Å². The Labute approximate surface area is 206 Å². The Morgan fingerprint density at radius 3 is 2.31 bits per heavy atom. The smallest absolute Gasteiger partial charge is 0.357 e. The van der Waals surface area contributed by atoms with Gasteiger partial charge in [-0.25, -0.2) is 0 Å². The van der Waals surface area contributed by atoms with E-state index in [1.165, 1.54) is 4.90 Å². The first-order valence-corrected chi connectivity index (χ1v) is 11.6. The van der Waals surface area contributed by atoms with Crippen molar-refractivity contribution in [1.82, 2.24) is 24.9 Å². The molecule has 3 rings (SSSR count). The summed E-state index contributed by atoms with van der Waals surface area (Å²) in [5.74, 6) is 1.22. The number of carbonyl (C=O) groups is 1. The van der Waals surface area contributed by atoms with Crippen LogP contribution in [0.25, 0.3) is 0 Å². The van der Waals surface area contributed by atoms with E-state index in [4.69, 9.17) is 4.99 Å². The van der Waals surface area contributed by atoms with Gasteiger partial charge in [0.05, 0.1) is 12.6 Å². The maximum Gasteiger partial charge on any atom is 0.401 e. The Hall–Kier alpha value is -0.820. The predicted octanol–water partition coefficient (Wildman–Crippen LogP) is 2.08. The van der Waals surface area contributed by atoms with Crippen molar-refractivity contribution < 1.29 is 18.0 Å². The fourth-order valence-corrected chi connectivity index (χ4v) is 4.78. The van der Waals surface area contributed by atoms with Gasteiger partial charge in [0, 0.05) is 58.9 Å². The summed E-state index contributed by atoms with van der Waals surface area (Å²) >= 11 is 0. The summed E-state index contributed by atoms with van der Waals surface area (Å²) in [6, 6.07) is -0.0992. The van der Waals surface area contributed by atoms with Gasteiger partial charge in [-0.2, -0.15) is 13.2 Å². The van der Waals surface area contributed by atoms with Crippen molar-refractivity contribution in [3.8, 4) is 0 Å². The van der Waals surface area contributed by atoms with E-state index in [-0.39, 0.29) is 41.8 Å². The van der Waals surface area contributed by atoms with Crippen LogP contribution in [-0.4, -0.2) is 116 Å². The zero-order valence-electron chi connectivity index (χ0n) is 19.2. The van der Waals surface area contributed by atoms with E-state index in [0.717, 1.165) is 71.0 Å². The van der Waals surface area contributed by atoms with E-state index >= 15 is 0 Å². The Balaban J connectivity index is 0.00000363. The molecule has 0 aromatic carbocycles. The number of rotatable bonds is 6. The van der Waals surface area contributed by atoms with Gasteiger partial charge in [0.25, 0.3) is 0 Å². The molecule has 3 aliphatic rings. The van der Waals surface area contributed by atoms with Crippen LogP contribution in [0.2, 0.25) is 0 Å². The Morgan fingerprint density at radius 2 is 1.72 bits per heavy atom. The molecule has 3 heterocycles. The van der Waals surface area contributed by atoms with Gasteiger partial charge in [0.1, 0.15) is 0 Å². The third-order valence-electron chi connectivity index (χ3n) is 6.54. The maximum atomic E-state index is 12.7. The molecule has 32 heavy (non-hydrogen) atoms. The molecule has 2 atom stereocenters. The van der Waals surface area contributed by atoms with Gasteiger partial charge in [0.2, 0.25) is 5.91 Å². The average molecular weight is 574 g/mol. The summed E-state index contributed by atoms with van der Waals surface area (Å²) in [6.45, 7) is 10.3. The minimum atomic E-state index is -4.14. The van der Waals surface area contributed by atoms with E-state index in [9.17, 15) is 18.0 Å². The zero-order chi connectivity index (χ0) is 22.4. The second-order valence-electron chi connectivity index (χ2n) is 8.93. The fraction of sp³-hybridized carbons (Fsp3) is 0.905. The molecule has 0 aromatic heterocycles. The normalized spacial score (nSPS) is 24.5. The molecule has 7 nitrogen and oxygen atoms in total. The molecule has 0 radical (unpaired) electrons. The molecule has 0 spiro atoms. The quantitative estimate of drug-likeness (QED) is 0.299. The first-order valence-electron chi connectivity index (χ1n) is 11.6. The van der Waals surface area contributed by atoms with Gasteiger partial charge in [-0.3, -0.25) is 19.6 Å². The summed E-state index contributed by atoms with van der Waals surface area (Å²) in [7, 11) is 0. The number of nitrogens with zero attached hydrogens (tertiary/aromatic N) is 5. The molecule has 0 bridgehead atoms. The number of guanidine groups is 1. The SMILES string of the molecule is CCNC(=NCC1CCN(CC(F)(F)F)C1)N1CCN(C(C)C(=O)N2CCCC2)CC1.I. The van der Waals surface area contributed by atoms with Crippen molar-refractivity contribution in [3.63, 3.8) is 0 Å². The summed E-state index contributed by atoms with van der Waals surface area (Å²) in [4.78, 5) is 25.3. The molecular formula is C21H38F3IN6O. The number of hydrogen-bond acceptors (Lipinski definition) is 4. The minimum Gasteiger partial charge on any atom is -0.357 e. The number of likely N-dealkylation sites (tertiary alicyclic amines) is 2. The summed E-state index contributed by atoms with van der Waals surface area (Å²) in [5.41, 5.74) is 0. The van der Waals surface area contributed by atoms with E-state index in [1.807, 2.05) is 18.7 Å². The van der Waals surface area contributed by atoms with Crippen molar-refractivity contribution in [2.45, 2.75) is 45.3 Å². The molecule has 0 aliphatic carbocycles. The standard InChI is InChI=1S/C21H37F3N6O.HI/c1-3-25-20(26-14-18-6-9-27(15-18)16-21(22,23)24)30-12-10-28(11-13-30)17(2)19(31)29-7-4-5-8-29;/h17-18H,3-16H2,1-2H3,(H,25,26);1H. The van der Waals surface area contributed by atoms with Crippen LogP contribution in [0.1, 0.15) is 33.1 Å². The van der Waals surface area contributed by atoms with Crippen molar-refractivity contribution >= 4 is 35.8 Å². The number of nitrogens with one attached hydrogen (secondary N) is 1. The van der Waals surface area contributed by atoms with Crippen LogP contribution >= 0.6 is 24.0 Å². The zero-order valence-corrected chi connectivity index (χ0v) is 21.6. The van der Waals surface area contributed by atoms with Crippen LogP contribution in [0.15, 0.2) is 4.99 Å². The predicted molar refractivity (Wildman–Crippen MR) is 130 cm³/mol. The lowest BCUT2D eigenvalue weighted by Gasteiger charge is -2.39. The molecule has 2 unspecified atom stereocenters. The second kappa shape index (κ2) is 12.6. The van der Waals surface area contributed by atoms with Crippen molar-refractivity contribution in [3.05, 3.63) is 0 Å². The third kappa shape index (κ3) is 7.89. The van der Waals surface area contributed by atoms with Gasteiger partial charge in [-0.15, -0.1) is 24.0 Å². The van der Waals surface area contributed by atoms with Crippen LogP contribution in [0.4, 0.5) is 13.2 Å². The third-order valence-corrected chi connectivity index (χ3v) is 6.54. The highest BCUT2D eigenvalue weighted by atomic mass is 127. The number of alkyl halides is 3. The molecule has 3 fully saturated rings. The lowest BCUT2D eigenvalue weighted by atomic mass is 10.1. The Bertz CT molecular complexity index is 621. The number of halogens is 4. The molecule has 3 saturated heterocycles. The Kier molecular flexibility index (Phi) is 10.8. The van der Waals surface area contributed by atoms with Crippen molar-refractivity contribution in [2.75, 3.05) is 72.0 Å². The molecule has 1 N–H and O–H groups in total. The van der Waals surface area contributed by atoms with Gasteiger partial charge >= 0.3 is 6.18 Å². The van der Waals surface area contributed by atoms with Crippen LogP contribution in [0.3, 0.4) is 0 Å². The first-order chi connectivity index (χ1) is 14.8. The topological polar surface area (TPSA) is 54.4 Å². The lowest BCUT2D eigenvalue weighted by Crippen LogP contribution is -2.57. The average Bonchev–Trinajstić information content (AvgIpc) is 3.41.